The molecule has 3 rings (SSSR count). The van der Waals surface area contributed by atoms with Crippen LogP contribution in [0.4, 0.5) is 0 Å². The van der Waals surface area contributed by atoms with Gasteiger partial charge in [-0.2, -0.15) is 0 Å². The zero-order valence-corrected chi connectivity index (χ0v) is 11.4. The standard InChI is InChI=1S/C13H14N4O4/c1-7-9(10-11(19)15-6-16-12(10)21-7)13(20)17-4-2-8(18)14-3-5-17/h6H,2-5H2,1H3,(H,14,18)(H,15,16,19). The van der Waals surface area contributed by atoms with Crippen LogP contribution >= 0.6 is 0 Å². The molecule has 0 saturated carbocycles. The Kier molecular flexibility index (Phi) is 3.20. The largest absolute Gasteiger partial charge is 0.442 e. The summed E-state index contributed by atoms with van der Waals surface area (Å²) in [6.45, 7) is 2.73. The van der Waals surface area contributed by atoms with Crippen LogP contribution in [0.15, 0.2) is 15.5 Å². The molecule has 0 aromatic carbocycles. The molecule has 1 aliphatic rings. The van der Waals surface area contributed by atoms with E-state index < -0.39 is 5.56 Å². The van der Waals surface area contributed by atoms with Crippen LogP contribution in [0, 0.1) is 6.92 Å². The number of nitrogens with one attached hydrogen (secondary N) is 2. The third kappa shape index (κ3) is 2.28. The fraction of sp³-hybridized carbons (Fsp3) is 0.385. The van der Waals surface area contributed by atoms with Crippen molar-refractivity contribution in [2.45, 2.75) is 13.3 Å². The van der Waals surface area contributed by atoms with Gasteiger partial charge in [0.2, 0.25) is 11.6 Å². The second kappa shape index (κ2) is 5.04. The summed E-state index contributed by atoms with van der Waals surface area (Å²) in [7, 11) is 0. The molecule has 0 spiro atoms. The Morgan fingerprint density at radius 3 is 3.00 bits per heavy atom. The molecule has 0 aliphatic carbocycles. The number of aryl methyl sites for hydroxylation is 1. The van der Waals surface area contributed by atoms with Gasteiger partial charge in [-0.3, -0.25) is 14.4 Å². The minimum absolute atomic E-state index is 0.0846. The Morgan fingerprint density at radius 1 is 1.38 bits per heavy atom. The smallest absolute Gasteiger partial charge is 0.262 e. The number of carbonyl (C=O) groups is 2. The van der Waals surface area contributed by atoms with Crippen LogP contribution in [0.5, 0.6) is 0 Å². The summed E-state index contributed by atoms with van der Waals surface area (Å²) >= 11 is 0. The first-order chi connectivity index (χ1) is 10.1. The van der Waals surface area contributed by atoms with Crippen molar-refractivity contribution in [3.05, 3.63) is 28.0 Å². The molecule has 0 atom stereocenters. The molecule has 2 N–H and O–H groups in total. The average Bonchev–Trinajstić information content (AvgIpc) is 2.63. The van der Waals surface area contributed by atoms with E-state index in [0.717, 1.165) is 0 Å². The molecular weight excluding hydrogens is 276 g/mol. The van der Waals surface area contributed by atoms with Gasteiger partial charge < -0.3 is 19.6 Å². The third-order valence-corrected chi connectivity index (χ3v) is 3.48. The Balaban J connectivity index is 2.03. The van der Waals surface area contributed by atoms with Crippen molar-refractivity contribution >= 4 is 22.9 Å². The Bertz CT molecular complexity index is 776. The number of hydrogen-bond acceptors (Lipinski definition) is 5. The number of nitrogens with zero attached hydrogens (tertiary/aromatic N) is 2. The van der Waals surface area contributed by atoms with E-state index in [4.69, 9.17) is 4.42 Å². The molecule has 1 fully saturated rings. The highest BCUT2D eigenvalue weighted by Crippen LogP contribution is 2.22. The molecule has 21 heavy (non-hydrogen) atoms. The summed E-state index contributed by atoms with van der Waals surface area (Å²) in [5, 5.41) is 2.86. The van der Waals surface area contributed by atoms with E-state index in [0.29, 0.717) is 25.4 Å². The third-order valence-electron chi connectivity index (χ3n) is 3.48. The van der Waals surface area contributed by atoms with Crippen molar-refractivity contribution in [1.29, 1.82) is 0 Å². The maximum Gasteiger partial charge on any atom is 0.262 e. The lowest BCUT2D eigenvalue weighted by atomic mass is 10.1. The molecule has 2 aromatic rings. The number of hydrogen-bond donors (Lipinski definition) is 2. The van der Waals surface area contributed by atoms with Gasteiger partial charge in [0.1, 0.15) is 11.1 Å². The van der Waals surface area contributed by atoms with Crippen molar-refractivity contribution < 1.29 is 14.0 Å². The van der Waals surface area contributed by atoms with E-state index in [1.165, 1.54) is 6.33 Å². The molecule has 0 radical (unpaired) electrons. The molecule has 3 heterocycles. The number of fused-ring (bicyclic) bond motifs is 1. The topological polar surface area (TPSA) is 108 Å². The van der Waals surface area contributed by atoms with E-state index in [1.54, 1.807) is 11.8 Å². The van der Waals surface area contributed by atoms with E-state index in [9.17, 15) is 14.4 Å². The molecule has 8 heteroatoms. The number of carbonyl (C=O) groups excluding carboxylic acids is 2. The van der Waals surface area contributed by atoms with Gasteiger partial charge in [0.25, 0.3) is 11.5 Å². The summed E-state index contributed by atoms with van der Waals surface area (Å²) in [6, 6.07) is 0. The van der Waals surface area contributed by atoms with Crippen LogP contribution in [0.2, 0.25) is 0 Å². The molecule has 2 amide bonds. The highest BCUT2D eigenvalue weighted by Gasteiger charge is 2.27. The zero-order valence-electron chi connectivity index (χ0n) is 11.4. The number of furan rings is 1. The lowest BCUT2D eigenvalue weighted by Crippen LogP contribution is -2.34. The summed E-state index contributed by atoms with van der Waals surface area (Å²) < 4.78 is 5.38. The second-order valence-corrected chi connectivity index (χ2v) is 4.84. The summed E-state index contributed by atoms with van der Waals surface area (Å²) in [6.07, 6.45) is 1.48. The summed E-state index contributed by atoms with van der Waals surface area (Å²) in [5.41, 5.74) is -0.0541. The highest BCUT2D eigenvalue weighted by molar-refractivity contribution is 6.06. The van der Waals surface area contributed by atoms with Crippen LogP contribution in [0.25, 0.3) is 11.1 Å². The van der Waals surface area contributed by atoms with E-state index in [-0.39, 0.29) is 34.9 Å². The monoisotopic (exact) mass is 290 g/mol. The normalized spacial score (nSPS) is 15.9. The SMILES string of the molecule is Cc1oc2nc[nH]c(=O)c2c1C(=O)N1CCNC(=O)CC1. The first-order valence-electron chi connectivity index (χ1n) is 6.60. The summed E-state index contributed by atoms with van der Waals surface area (Å²) in [4.78, 5) is 43.8. The number of H-pyrrole nitrogens is 1. The highest BCUT2D eigenvalue weighted by atomic mass is 16.3. The fourth-order valence-corrected chi connectivity index (χ4v) is 2.44. The second-order valence-electron chi connectivity index (χ2n) is 4.84. The first kappa shape index (κ1) is 13.3. The van der Waals surface area contributed by atoms with Crippen molar-refractivity contribution in [3.8, 4) is 0 Å². The molecule has 1 aliphatic heterocycles. The Labute approximate surface area is 119 Å². The molecule has 1 saturated heterocycles. The van der Waals surface area contributed by atoms with Crippen molar-refractivity contribution in [1.82, 2.24) is 20.2 Å². The maximum atomic E-state index is 12.7. The minimum Gasteiger partial charge on any atom is -0.442 e. The van der Waals surface area contributed by atoms with Crippen molar-refractivity contribution in [3.63, 3.8) is 0 Å². The predicted molar refractivity (Wildman–Crippen MR) is 72.9 cm³/mol. The fourth-order valence-electron chi connectivity index (χ4n) is 2.44. The van der Waals surface area contributed by atoms with Gasteiger partial charge >= 0.3 is 0 Å². The maximum absolute atomic E-state index is 12.7. The molecule has 0 unspecified atom stereocenters. The van der Waals surface area contributed by atoms with Gasteiger partial charge in [-0.05, 0) is 6.92 Å². The van der Waals surface area contributed by atoms with Gasteiger partial charge in [-0.15, -0.1) is 0 Å². The molecule has 110 valence electrons. The number of aromatic amines is 1. The van der Waals surface area contributed by atoms with Gasteiger partial charge in [-0.1, -0.05) is 0 Å². The number of amides is 2. The average molecular weight is 290 g/mol. The van der Waals surface area contributed by atoms with Crippen molar-refractivity contribution in [2.75, 3.05) is 19.6 Å². The number of aromatic nitrogens is 2. The molecule has 0 bridgehead atoms. The molecule has 2 aromatic heterocycles. The predicted octanol–water partition coefficient (Wildman–Crippen LogP) is -0.213. The minimum atomic E-state index is -0.413. The Hall–Kier alpha value is -2.64. The van der Waals surface area contributed by atoms with E-state index >= 15 is 0 Å². The summed E-state index contributed by atoms with van der Waals surface area (Å²) in [5.74, 6) is -0.0532. The quantitative estimate of drug-likeness (QED) is 0.755. The lowest BCUT2D eigenvalue weighted by molar-refractivity contribution is -0.120. The van der Waals surface area contributed by atoms with Gasteiger partial charge in [0.15, 0.2) is 0 Å². The van der Waals surface area contributed by atoms with Crippen molar-refractivity contribution in [2.24, 2.45) is 0 Å². The van der Waals surface area contributed by atoms with E-state index in [2.05, 4.69) is 15.3 Å². The number of rotatable bonds is 1. The van der Waals surface area contributed by atoms with Gasteiger partial charge in [0.05, 0.1) is 11.9 Å². The zero-order chi connectivity index (χ0) is 15.0. The molecular formula is C13H14N4O4. The van der Waals surface area contributed by atoms with Gasteiger partial charge in [-0.25, -0.2) is 4.98 Å². The lowest BCUT2D eigenvalue weighted by Gasteiger charge is -2.19. The van der Waals surface area contributed by atoms with Crippen LogP contribution in [0.3, 0.4) is 0 Å². The first-order valence-corrected chi connectivity index (χ1v) is 6.60. The van der Waals surface area contributed by atoms with Gasteiger partial charge in [0, 0.05) is 26.1 Å². The van der Waals surface area contributed by atoms with Crippen LogP contribution in [0.1, 0.15) is 22.5 Å². The Morgan fingerprint density at radius 2 is 2.19 bits per heavy atom. The van der Waals surface area contributed by atoms with E-state index in [1.807, 2.05) is 0 Å². The van der Waals surface area contributed by atoms with Crippen LogP contribution < -0.4 is 10.9 Å². The van der Waals surface area contributed by atoms with Crippen LogP contribution in [-0.2, 0) is 4.79 Å². The van der Waals surface area contributed by atoms with Crippen LogP contribution in [-0.4, -0.2) is 46.3 Å². The molecule has 8 nitrogen and oxygen atoms in total.